The first kappa shape index (κ1) is 13.7. The summed E-state index contributed by atoms with van der Waals surface area (Å²) in [6.45, 7) is 7.64. The van der Waals surface area contributed by atoms with Crippen LogP contribution in [0.4, 0.5) is 0 Å². The van der Waals surface area contributed by atoms with Gasteiger partial charge in [0.25, 0.3) is 5.91 Å². The molecule has 1 amide bonds. The fourth-order valence-corrected chi connectivity index (χ4v) is 1.60. The van der Waals surface area contributed by atoms with Crippen molar-refractivity contribution in [2.45, 2.75) is 39.7 Å². The molecule has 1 aromatic rings. The topological polar surface area (TPSA) is 49.3 Å². The van der Waals surface area contributed by atoms with Gasteiger partial charge in [0, 0.05) is 6.54 Å². The van der Waals surface area contributed by atoms with Crippen LogP contribution in [0, 0.1) is 13.8 Å². The number of aliphatic hydroxyl groups is 1. The molecule has 0 spiro atoms. The monoisotopic (exact) mass is 235 g/mol. The third-order valence-electron chi connectivity index (χ3n) is 2.74. The Kier molecular flexibility index (Phi) is 4.29. The molecule has 0 saturated carbocycles. The number of carbonyl (C=O) groups excluding carboxylic acids is 1. The lowest BCUT2D eigenvalue weighted by atomic mass is 10.0. The van der Waals surface area contributed by atoms with Gasteiger partial charge >= 0.3 is 0 Å². The van der Waals surface area contributed by atoms with E-state index >= 15 is 0 Å². The van der Waals surface area contributed by atoms with Gasteiger partial charge in [0.05, 0.1) is 0 Å². The van der Waals surface area contributed by atoms with E-state index in [1.807, 2.05) is 0 Å². The molecule has 0 radical (unpaired) electrons. The number of carbonyl (C=O) groups is 1. The lowest BCUT2D eigenvalue weighted by Gasteiger charge is -2.16. The first-order valence-electron chi connectivity index (χ1n) is 5.87. The molecule has 3 heteroatoms. The molecule has 0 unspecified atom stereocenters. The van der Waals surface area contributed by atoms with Gasteiger partial charge in [-0.05, 0) is 45.2 Å². The molecule has 0 aliphatic carbocycles. The first-order valence-corrected chi connectivity index (χ1v) is 5.87. The summed E-state index contributed by atoms with van der Waals surface area (Å²) in [5.41, 5.74) is 2.38. The first-order chi connectivity index (χ1) is 7.80. The smallest absolute Gasteiger partial charge is 0.251 e. The molecule has 2 N–H and O–H groups in total. The van der Waals surface area contributed by atoms with Crippen molar-refractivity contribution >= 4 is 5.91 Å². The predicted octanol–water partition coefficient (Wildman–Crippen LogP) is 1.73. The van der Waals surface area contributed by atoms with Gasteiger partial charge in [0.15, 0.2) is 0 Å². The minimum absolute atomic E-state index is 0.331. The van der Waals surface area contributed by atoms with Gasteiger partial charge in [-0.1, -0.05) is 23.8 Å². The van der Waals surface area contributed by atoms with E-state index in [0.29, 0.717) is 6.54 Å². The van der Waals surface area contributed by atoms with Crippen LogP contribution in [0.1, 0.15) is 30.5 Å². The fraction of sp³-hybridized carbons (Fsp3) is 0.500. The van der Waals surface area contributed by atoms with E-state index in [4.69, 9.17) is 0 Å². The Morgan fingerprint density at radius 3 is 2.59 bits per heavy atom. The molecule has 0 saturated heterocycles. The highest BCUT2D eigenvalue weighted by Gasteiger charge is 2.22. The summed E-state index contributed by atoms with van der Waals surface area (Å²) in [7, 11) is 0. The number of nitrogens with one attached hydrogen (secondary N) is 1. The molecule has 0 heterocycles. The minimum atomic E-state index is -1.30. The molecule has 0 fully saturated rings. The van der Waals surface area contributed by atoms with E-state index in [9.17, 15) is 9.90 Å². The second-order valence-electron chi connectivity index (χ2n) is 4.99. The summed E-state index contributed by atoms with van der Waals surface area (Å²) in [5.74, 6) is -0.331. The summed E-state index contributed by atoms with van der Waals surface area (Å²) in [6, 6.07) is 6.29. The van der Waals surface area contributed by atoms with Crippen molar-refractivity contribution < 1.29 is 9.90 Å². The Balaban J connectivity index is 2.52. The maximum absolute atomic E-state index is 11.4. The van der Waals surface area contributed by atoms with Gasteiger partial charge in [0.1, 0.15) is 5.60 Å². The van der Waals surface area contributed by atoms with Crippen molar-refractivity contribution in [3.05, 3.63) is 34.9 Å². The molecule has 3 nitrogen and oxygen atoms in total. The van der Waals surface area contributed by atoms with Crippen LogP contribution in [0.15, 0.2) is 18.2 Å². The number of hydrogen-bond acceptors (Lipinski definition) is 2. The Morgan fingerprint density at radius 2 is 2.00 bits per heavy atom. The lowest BCUT2D eigenvalue weighted by molar-refractivity contribution is -0.136. The van der Waals surface area contributed by atoms with E-state index in [0.717, 1.165) is 6.42 Å². The van der Waals surface area contributed by atoms with Crippen molar-refractivity contribution in [2.75, 3.05) is 6.54 Å². The normalized spacial score (nSPS) is 11.4. The van der Waals surface area contributed by atoms with Crippen LogP contribution in [0.3, 0.4) is 0 Å². The maximum atomic E-state index is 11.4. The van der Waals surface area contributed by atoms with Crippen molar-refractivity contribution in [3.63, 3.8) is 0 Å². The zero-order chi connectivity index (χ0) is 13.1. The summed E-state index contributed by atoms with van der Waals surface area (Å²) in [4.78, 5) is 11.4. The van der Waals surface area contributed by atoms with Gasteiger partial charge in [-0.15, -0.1) is 0 Å². The number of rotatable bonds is 4. The van der Waals surface area contributed by atoms with E-state index in [1.165, 1.54) is 30.5 Å². The quantitative estimate of drug-likeness (QED) is 0.835. The van der Waals surface area contributed by atoms with Gasteiger partial charge in [-0.3, -0.25) is 4.79 Å². The second-order valence-corrected chi connectivity index (χ2v) is 4.99. The highest BCUT2D eigenvalue weighted by Crippen LogP contribution is 2.11. The van der Waals surface area contributed by atoms with Gasteiger partial charge < -0.3 is 10.4 Å². The van der Waals surface area contributed by atoms with Crippen LogP contribution in [-0.2, 0) is 11.2 Å². The molecule has 94 valence electrons. The Morgan fingerprint density at radius 1 is 1.35 bits per heavy atom. The highest BCUT2D eigenvalue weighted by atomic mass is 16.3. The molecule has 0 atom stereocenters. The molecule has 1 aromatic carbocycles. The maximum Gasteiger partial charge on any atom is 0.251 e. The van der Waals surface area contributed by atoms with Crippen LogP contribution >= 0.6 is 0 Å². The van der Waals surface area contributed by atoms with Crippen molar-refractivity contribution in [1.29, 1.82) is 0 Å². The Labute approximate surface area is 103 Å². The molecule has 0 aromatic heterocycles. The zero-order valence-corrected chi connectivity index (χ0v) is 11.0. The number of aryl methyl sites for hydroxylation is 2. The second kappa shape index (κ2) is 5.32. The summed E-state index contributed by atoms with van der Waals surface area (Å²) in [6.07, 6.45) is 0.787. The SMILES string of the molecule is Cc1ccc(C)c(CCNC(=O)C(C)(C)O)c1. The average Bonchev–Trinajstić information content (AvgIpc) is 2.21. The van der Waals surface area contributed by atoms with E-state index < -0.39 is 5.60 Å². The summed E-state index contributed by atoms with van der Waals surface area (Å²) in [5, 5.41) is 12.2. The van der Waals surface area contributed by atoms with Gasteiger partial charge in [-0.2, -0.15) is 0 Å². The van der Waals surface area contributed by atoms with Crippen LogP contribution in [-0.4, -0.2) is 23.2 Å². The van der Waals surface area contributed by atoms with Gasteiger partial charge in [-0.25, -0.2) is 0 Å². The summed E-state index contributed by atoms with van der Waals surface area (Å²) < 4.78 is 0. The Bertz CT molecular complexity index is 405. The molecule has 0 bridgehead atoms. The van der Waals surface area contributed by atoms with E-state index in [1.54, 1.807) is 0 Å². The number of amides is 1. The van der Waals surface area contributed by atoms with Crippen molar-refractivity contribution in [1.82, 2.24) is 5.32 Å². The third-order valence-corrected chi connectivity index (χ3v) is 2.74. The van der Waals surface area contributed by atoms with Crippen LogP contribution in [0.2, 0.25) is 0 Å². The van der Waals surface area contributed by atoms with Gasteiger partial charge in [0.2, 0.25) is 0 Å². The molecular formula is C14H21NO2. The standard InChI is InChI=1S/C14H21NO2/c1-10-5-6-11(2)12(9-10)7-8-15-13(16)14(3,4)17/h5-6,9,17H,7-8H2,1-4H3,(H,15,16). The van der Waals surface area contributed by atoms with Crippen LogP contribution in [0.25, 0.3) is 0 Å². The van der Waals surface area contributed by atoms with Crippen LogP contribution < -0.4 is 5.32 Å². The van der Waals surface area contributed by atoms with Crippen molar-refractivity contribution in [3.8, 4) is 0 Å². The number of hydrogen-bond donors (Lipinski definition) is 2. The highest BCUT2D eigenvalue weighted by molar-refractivity contribution is 5.83. The third kappa shape index (κ3) is 4.19. The minimum Gasteiger partial charge on any atom is -0.381 e. The predicted molar refractivity (Wildman–Crippen MR) is 68.9 cm³/mol. The summed E-state index contributed by atoms with van der Waals surface area (Å²) >= 11 is 0. The van der Waals surface area contributed by atoms with E-state index in [-0.39, 0.29) is 5.91 Å². The molecule has 0 aliphatic rings. The molecule has 17 heavy (non-hydrogen) atoms. The lowest BCUT2D eigenvalue weighted by Crippen LogP contribution is -2.42. The number of benzene rings is 1. The largest absolute Gasteiger partial charge is 0.381 e. The zero-order valence-electron chi connectivity index (χ0n) is 11.0. The van der Waals surface area contributed by atoms with Crippen LogP contribution in [0.5, 0.6) is 0 Å². The Hall–Kier alpha value is -1.35. The average molecular weight is 235 g/mol. The molecule has 1 rings (SSSR count). The fourth-order valence-electron chi connectivity index (χ4n) is 1.60. The molecule has 0 aliphatic heterocycles. The molecular weight excluding hydrogens is 214 g/mol. The van der Waals surface area contributed by atoms with E-state index in [2.05, 4.69) is 37.4 Å². The van der Waals surface area contributed by atoms with Crippen molar-refractivity contribution in [2.24, 2.45) is 0 Å².